The van der Waals surface area contributed by atoms with E-state index >= 15 is 0 Å². The highest BCUT2D eigenvalue weighted by molar-refractivity contribution is 5.84. The highest BCUT2D eigenvalue weighted by atomic mass is 16.1. The van der Waals surface area contributed by atoms with Crippen molar-refractivity contribution in [3.8, 4) is 0 Å². The molecule has 0 saturated carbocycles. The third kappa shape index (κ3) is 2.78. The van der Waals surface area contributed by atoms with Gasteiger partial charge < -0.3 is 9.47 Å². The molecule has 8 heteroatoms. The fraction of sp³-hybridized carbons (Fsp3) is 0.316. The number of hydrogen-bond donors (Lipinski definition) is 2. The molecule has 8 nitrogen and oxygen atoms in total. The Morgan fingerprint density at radius 2 is 2.07 bits per heavy atom. The summed E-state index contributed by atoms with van der Waals surface area (Å²) in [6, 6.07) is 8.95. The molecule has 0 aliphatic carbocycles. The molecule has 0 spiro atoms. The monoisotopic (exact) mass is 363 g/mol. The number of H-pyrrole nitrogens is 1. The minimum Gasteiger partial charge on any atom is -0.344 e. The second kappa shape index (κ2) is 6.24. The predicted octanol–water partition coefficient (Wildman–Crippen LogP) is 2.22. The van der Waals surface area contributed by atoms with Gasteiger partial charge in [0.25, 0.3) is 5.56 Å². The number of piperidine rings is 1. The van der Waals surface area contributed by atoms with Gasteiger partial charge in [-0.25, -0.2) is 15.1 Å². The summed E-state index contributed by atoms with van der Waals surface area (Å²) in [5, 5.41) is 4.38. The summed E-state index contributed by atoms with van der Waals surface area (Å²) in [5.74, 6) is 0. The second-order valence-corrected chi connectivity index (χ2v) is 7.18. The summed E-state index contributed by atoms with van der Waals surface area (Å²) >= 11 is 0. The zero-order valence-corrected chi connectivity index (χ0v) is 15.1. The normalized spacial score (nSPS) is 16.3. The van der Waals surface area contributed by atoms with Crippen LogP contribution in [0.4, 0.5) is 5.69 Å². The van der Waals surface area contributed by atoms with Gasteiger partial charge in [-0.05, 0) is 57.2 Å². The molecule has 27 heavy (non-hydrogen) atoms. The van der Waals surface area contributed by atoms with Crippen LogP contribution in [0, 0.1) is 0 Å². The number of aromatic amines is 1. The Kier molecular flexibility index (Phi) is 3.71. The number of anilines is 1. The minimum atomic E-state index is -0.215. The van der Waals surface area contributed by atoms with E-state index in [9.17, 15) is 4.79 Å². The standard InChI is InChI=1S/C19H21N7O/c1-24-7-5-15(6-8-24)25-9-4-13-10-14(2-3-17(13)25)22-26-18-16(19(27)23-26)11-20-12-21-18/h2-4,9-12,15,22H,5-8H2,1H3,(H,23,27). The maximum Gasteiger partial charge on any atom is 0.276 e. The molecule has 1 aliphatic rings. The van der Waals surface area contributed by atoms with E-state index < -0.39 is 0 Å². The van der Waals surface area contributed by atoms with Gasteiger partial charge in [-0.15, -0.1) is 0 Å². The van der Waals surface area contributed by atoms with E-state index in [1.54, 1.807) is 0 Å². The number of aromatic nitrogens is 5. The number of nitrogens with one attached hydrogen (secondary N) is 2. The van der Waals surface area contributed by atoms with E-state index in [1.165, 1.54) is 41.1 Å². The quantitative estimate of drug-likeness (QED) is 0.583. The first kappa shape index (κ1) is 16.1. The number of likely N-dealkylation sites (tertiary alicyclic amines) is 1. The second-order valence-electron chi connectivity index (χ2n) is 7.18. The molecule has 3 aromatic heterocycles. The van der Waals surface area contributed by atoms with Gasteiger partial charge in [-0.2, -0.15) is 4.79 Å². The summed E-state index contributed by atoms with van der Waals surface area (Å²) in [6.45, 7) is 2.28. The topological polar surface area (TPSA) is 83.8 Å². The van der Waals surface area contributed by atoms with E-state index in [1.807, 2.05) is 6.07 Å². The van der Waals surface area contributed by atoms with Crippen LogP contribution in [0.5, 0.6) is 0 Å². The van der Waals surface area contributed by atoms with Gasteiger partial charge in [0.1, 0.15) is 11.7 Å². The Labute approximate surface area is 155 Å². The lowest BCUT2D eigenvalue weighted by atomic mass is 10.1. The van der Waals surface area contributed by atoms with Crippen molar-refractivity contribution >= 4 is 27.6 Å². The lowest BCUT2D eigenvalue weighted by Crippen LogP contribution is -2.31. The number of rotatable bonds is 3. The van der Waals surface area contributed by atoms with Crippen molar-refractivity contribution < 1.29 is 0 Å². The number of benzene rings is 1. The Balaban J connectivity index is 1.46. The third-order valence-electron chi connectivity index (χ3n) is 5.40. The SMILES string of the molecule is CN1CCC(n2ccc3cc(Nn4[nH]c(=O)c5cncnc54)ccc32)CC1. The smallest absolute Gasteiger partial charge is 0.276 e. The molecule has 0 atom stereocenters. The molecule has 4 heterocycles. The first-order valence-electron chi connectivity index (χ1n) is 9.16. The Hall–Kier alpha value is -3.13. The fourth-order valence-electron chi connectivity index (χ4n) is 3.91. The molecule has 0 radical (unpaired) electrons. The van der Waals surface area contributed by atoms with Gasteiger partial charge in [0.2, 0.25) is 0 Å². The van der Waals surface area contributed by atoms with Crippen molar-refractivity contribution in [2.24, 2.45) is 0 Å². The Morgan fingerprint density at radius 3 is 2.93 bits per heavy atom. The molecule has 1 saturated heterocycles. The molecule has 5 rings (SSSR count). The first-order valence-corrected chi connectivity index (χ1v) is 9.16. The van der Waals surface area contributed by atoms with Gasteiger partial charge in [-0.1, -0.05) is 0 Å². The maximum absolute atomic E-state index is 12.0. The van der Waals surface area contributed by atoms with Crippen LogP contribution in [0.25, 0.3) is 21.9 Å². The summed E-state index contributed by atoms with van der Waals surface area (Å²) in [4.78, 5) is 24.0. The Bertz CT molecular complexity index is 1160. The van der Waals surface area contributed by atoms with Gasteiger partial charge in [0.05, 0.1) is 5.69 Å². The summed E-state index contributed by atoms with van der Waals surface area (Å²) in [7, 11) is 2.18. The van der Waals surface area contributed by atoms with Crippen molar-refractivity contribution in [2.45, 2.75) is 18.9 Å². The van der Waals surface area contributed by atoms with Crippen LogP contribution in [-0.2, 0) is 0 Å². The highest BCUT2D eigenvalue weighted by Crippen LogP contribution is 2.29. The van der Waals surface area contributed by atoms with E-state index in [0.29, 0.717) is 17.1 Å². The summed E-state index contributed by atoms with van der Waals surface area (Å²) < 4.78 is 2.40. The minimum absolute atomic E-state index is 0.215. The summed E-state index contributed by atoms with van der Waals surface area (Å²) in [6.07, 6.45) is 7.49. The Morgan fingerprint density at radius 1 is 1.22 bits per heavy atom. The van der Waals surface area contributed by atoms with Crippen molar-refractivity contribution in [2.75, 3.05) is 25.6 Å². The average Bonchev–Trinajstić information content (AvgIpc) is 3.24. The molecule has 0 bridgehead atoms. The molecule has 1 fully saturated rings. The van der Waals surface area contributed by atoms with Crippen LogP contribution >= 0.6 is 0 Å². The number of hydrogen-bond acceptors (Lipinski definition) is 5. The average molecular weight is 363 g/mol. The fourth-order valence-corrected chi connectivity index (χ4v) is 3.91. The van der Waals surface area contributed by atoms with Crippen molar-refractivity contribution in [3.05, 3.63) is 53.3 Å². The largest absolute Gasteiger partial charge is 0.344 e. The number of nitrogens with zero attached hydrogens (tertiary/aromatic N) is 5. The highest BCUT2D eigenvalue weighted by Gasteiger charge is 2.19. The van der Waals surface area contributed by atoms with E-state index in [0.717, 1.165) is 18.8 Å². The van der Waals surface area contributed by atoms with Crippen molar-refractivity contribution in [1.82, 2.24) is 29.3 Å². The first-order chi connectivity index (χ1) is 13.2. The van der Waals surface area contributed by atoms with Crippen LogP contribution in [0.1, 0.15) is 18.9 Å². The zero-order chi connectivity index (χ0) is 18.4. The van der Waals surface area contributed by atoms with Crippen molar-refractivity contribution in [1.29, 1.82) is 0 Å². The van der Waals surface area contributed by atoms with Gasteiger partial charge >= 0.3 is 0 Å². The molecule has 1 aromatic carbocycles. The molecule has 0 unspecified atom stereocenters. The zero-order valence-electron chi connectivity index (χ0n) is 15.1. The van der Waals surface area contributed by atoms with E-state index in [2.05, 4.69) is 61.4 Å². The lowest BCUT2D eigenvalue weighted by molar-refractivity contribution is 0.224. The molecule has 2 N–H and O–H groups in total. The van der Waals surface area contributed by atoms with Crippen LogP contribution < -0.4 is 11.0 Å². The molecule has 0 amide bonds. The molecule has 4 aromatic rings. The van der Waals surface area contributed by atoms with Crippen LogP contribution in [0.2, 0.25) is 0 Å². The molecular formula is C19H21N7O. The van der Waals surface area contributed by atoms with Gasteiger partial charge in [-0.3, -0.25) is 10.2 Å². The van der Waals surface area contributed by atoms with E-state index in [4.69, 9.17) is 0 Å². The van der Waals surface area contributed by atoms with E-state index in [-0.39, 0.29) is 5.56 Å². The van der Waals surface area contributed by atoms with Crippen molar-refractivity contribution in [3.63, 3.8) is 0 Å². The third-order valence-corrected chi connectivity index (χ3v) is 5.40. The van der Waals surface area contributed by atoms with Crippen LogP contribution in [-0.4, -0.2) is 49.5 Å². The van der Waals surface area contributed by atoms with Gasteiger partial charge in [0, 0.05) is 29.3 Å². The van der Waals surface area contributed by atoms with Crippen LogP contribution in [0.15, 0.2) is 47.8 Å². The lowest BCUT2D eigenvalue weighted by Gasteiger charge is -2.30. The predicted molar refractivity (Wildman–Crippen MR) is 105 cm³/mol. The van der Waals surface area contributed by atoms with Crippen LogP contribution in [0.3, 0.4) is 0 Å². The molecule has 1 aliphatic heterocycles. The maximum atomic E-state index is 12.0. The molecular weight excluding hydrogens is 342 g/mol. The summed E-state index contributed by atoms with van der Waals surface area (Å²) in [5.41, 5.74) is 5.64. The number of fused-ring (bicyclic) bond motifs is 2. The van der Waals surface area contributed by atoms with Gasteiger partial charge in [0.15, 0.2) is 5.65 Å². The molecule has 138 valence electrons.